The van der Waals surface area contributed by atoms with Crippen molar-refractivity contribution in [3.05, 3.63) is 29.3 Å². The number of hydrogen-bond donors (Lipinski definition) is 1. The fourth-order valence-corrected chi connectivity index (χ4v) is 1.91. The zero-order chi connectivity index (χ0) is 13.1. The van der Waals surface area contributed by atoms with Crippen LogP contribution in [-0.4, -0.2) is 19.1 Å². The van der Waals surface area contributed by atoms with Crippen LogP contribution in [-0.2, 0) is 6.42 Å². The third-order valence-corrected chi connectivity index (χ3v) is 3.90. The molecular formula is C15H26N2. The van der Waals surface area contributed by atoms with E-state index in [9.17, 15) is 0 Å². The largest absolute Gasteiger partial charge is 0.369 e. The van der Waals surface area contributed by atoms with Crippen LogP contribution in [0.1, 0.15) is 38.3 Å². The summed E-state index contributed by atoms with van der Waals surface area (Å²) in [6, 6.07) is 6.68. The molecule has 0 saturated heterocycles. The molecule has 0 unspecified atom stereocenters. The average molecular weight is 234 g/mol. The molecule has 1 aromatic rings. The maximum atomic E-state index is 5.61. The normalized spacial score (nSPS) is 11.6. The monoisotopic (exact) mass is 234 g/mol. The lowest BCUT2D eigenvalue weighted by molar-refractivity contribution is 0.470. The van der Waals surface area contributed by atoms with Crippen LogP contribution in [0, 0.1) is 6.92 Å². The molecule has 0 aliphatic rings. The van der Waals surface area contributed by atoms with E-state index in [-0.39, 0.29) is 5.54 Å². The Morgan fingerprint density at radius 1 is 1.29 bits per heavy atom. The summed E-state index contributed by atoms with van der Waals surface area (Å²) in [5, 5.41) is 0. The molecule has 0 radical (unpaired) electrons. The van der Waals surface area contributed by atoms with Gasteiger partial charge >= 0.3 is 0 Å². The van der Waals surface area contributed by atoms with Gasteiger partial charge in [0, 0.05) is 18.3 Å². The van der Waals surface area contributed by atoms with E-state index in [2.05, 4.69) is 57.8 Å². The van der Waals surface area contributed by atoms with E-state index in [0.29, 0.717) is 0 Å². The van der Waals surface area contributed by atoms with Gasteiger partial charge in [-0.15, -0.1) is 0 Å². The molecule has 17 heavy (non-hydrogen) atoms. The van der Waals surface area contributed by atoms with E-state index in [0.717, 1.165) is 19.4 Å². The number of rotatable bonds is 5. The Balaban J connectivity index is 2.97. The molecular weight excluding hydrogens is 208 g/mol. The van der Waals surface area contributed by atoms with Crippen molar-refractivity contribution in [1.82, 2.24) is 0 Å². The molecule has 2 N–H and O–H groups in total. The lowest BCUT2D eigenvalue weighted by Gasteiger charge is -2.37. The third-order valence-electron chi connectivity index (χ3n) is 3.90. The Morgan fingerprint density at radius 2 is 1.94 bits per heavy atom. The minimum Gasteiger partial charge on any atom is -0.369 e. The Labute approximate surface area is 106 Å². The van der Waals surface area contributed by atoms with E-state index in [4.69, 9.17) is 5.73 Å². The van der Waals surface area contributed by atoms with Crippen molar-refractivity contribution in [3.8, 4) is 0 Å². The van der Waals surface area contributed by atoms with Crippen molar-refractivity contribution in [3.63, 3.8) is 0 Å². The summed E-state index contributed by atoms with van der Waals surface area (Å²) in [5.41, 5.74) is 9.79. The standard InChI is InChI=1S/C15H26N2/c1-6-15(3,4)17(5)14-8-7-13(9-10-16)12(2)11-14/h7-8,11H,6,9-10,16H2,1-5H3. The number of benzene rings is 1. The van der Waals surface area contributed by atoms with Crippen LogP contribution in [0.2, 0.25) is 0 Å². The highest BCUT2D eigenvalue weighted by molar-refractivity contribution is 5.52. The molecule has 1 rings (SSSR count). The maximum Gasteiger partial charge on any atom is 0.0370 e. The quantitative estimate of drug-likeness (QED) is 0.848. The van der Waals surface area contributed by atoms with E-state index in [1.807, 2.05) is 0 Å². The molecule has 96 valence electrons. The topological polar surface area (TPSA) is 29.3 Å². The summed E-state index contributed by atoms with van der Waals surface area (Å²) in [5.74, 6) is 0. The highest BCUT2D eigenvalue weighted by Gasteiger charge is 2.21. The zero-order valence-corrected chi connectivity index (χ0v) is 11.9. The minimum atomic E-state index is 0.196. The van der Waals surface area contributed by atoms with Gasteiger partial charge in [0.15, 0.2) is 0 Å². The van der Waals surface area contributed by atoms with Gasteiger partial charge in [-0.1, -0.05) is 13.0 Å². The highest BCUT2D eigenvalue weighted by Crippen LogP contribution is 2.26. The van der Waals surface area contributed by atoms with Gasteiger partial charge in [0.05, 0.1) is 0 Å². The van der Waals surface area contributed by atoms with E-state index >= 15 is 0 Å². The van der Waals surface area contributed by atoms with Crippen molar-refractivity contribution in [1.29, 1.82) is 0 Å². The lowest BCUT2D eigenvalue weighted by Crippen LogP contribution is -2.40. The highest BCUT2D eigenvalue weighted by atomic mass is 15.2. The fourth-order valence-electron chi connectivity index (χ4n) is 1.91. The molecule has 1 aromatic carbocycles. The second-order valence-corrected chi connectivity index (χ2v) is 5.37. The van der Waals surface area contributed by atoms with Gasteiger partial charge in [0.1, 0.15) is 0 Å². The number of aryl methyl sites for hydroxylation is 1. The molecule has 0 atom stereocenters. The molecule has 0 spiro atoms. The second kappa shape index (κ2) is 5.54. The van der Waals surface area contributed by atoms with Gasteiger partial charge in [0.2, 0.25) is 0 Å². The Morgan fingerprint density at radius 3 is 2.41 bits per heavy atom. The summed E-state index contributed by atoms with van der Waals surface area (Å²) in [6.07, 6.45) is 2.10. The average Bonchev–Trinajstić information content (AvgIpc) is 2.31. The summed E-state index contributed by atoms with van der Waals surface area (Å²) < 4.78 is 0. The van der Waals surface area contributed by atoms with Crippen LogP contribution in [0.3, 0.4) is 0 Å². The first-order valence-electron chi connectivity index (χ1n) is 6.45. The lowest BCUT2D eigenvalue weighted by atomic mass is 9.97. The first-order chi connectivity index (χ1) is 7.92. The first-order valence-corrected chi connectivity index (χ1v) is 6.45. The van der Waals surface area contributed by atoms with Crippen LogP contribution in [0.4, 0.5) is 5.69 Å². The molecule has 0 heterocycles. The maximum absolute atomic E-state index is 5.61. The number of nitrogens with zero attached hydrogens (tertiary/aromatic N) is 1. The smallest absolute Gasteiger partial charge is 0.0370 e. The first kappa shape index (κ1) is 14.0. The Hall–Kier alpha value is -1.02. The van der Waals surface area contributed by atoms with E-state index < -0.39 is 0 Å². The summed E-state index contributed by atoms with van der Waals surface area (Å²) in [7, 11) is 2.17. The number of hydrogen-bond acceptors (Lipinski definition) is 2. The number of nitrogens with two attached hydrogens (primary N) is 1. The number of anilines is 1. The summed E-state index contributed by atoms with van der Waals surface area (Å²) in [4.78, 5) is 2.35. The second-order valence-electron chi connectivity index (χ2n) is 5.37. The van der Waals surface area contributed by atoms with Crippen molar-refractivity contribution in [2.75, 3.05) is 18.5 Å². The molecule has 2 nitrogen and oxygen atoms in total. The van der Waals surface area contributed by atoms with Gasteiger partial charge < -0.3 is 10.6 Å². The van der Waals surface area contributed by atoms with Crippen LogP contribution in [0.15, 0.2) is 18.2 Å². The van der Waals surface area contributed by atoms with Crippen LogP contribution in [0.25, 0.3) is 0 Å². The molecule has 0 amide bonds. The van der Waals surface area contributed by atoms with Crippen LogP contribution < -0.4 is 10.6 Å². The van der Waals surface area contributed by atoms with Crippen molar-refractivity contribution in [2.45, 2.75) is 46.1 Å². The predicted octanol–water partition coefficient (Wildman–Crippen LogP) is 3.12. The molecule has 0 aliphatic heterocycles. The van der Waals surface area contributed by atoms with Gasteiger partial charge in [-0.3, -0.25) is 0 Å². The van der Waals surface area contributed by atoms with Gasteiger partial charge in [0.25, 0.3) is 0 Å². The van der Waals surface area contributed by atoms with Gasteiger partial charge in [-0.25, -0.2) is 0 Å². The molecule has 0 aromatic heterocycles. The van der Waals surface area contributed by atoms with Crippen molar-refractivity contribution in [2.24, 2.45) is 5.73 Å². The fraction of sp³-hybridized carbons (Fsp3) is 0.600. The van der Waals surface area contributed by atoms with Gasteiger partial charge in [-0.2, -0.15) is 0 Å². The van der Waals surface area contributed by atoms with Crippen LogP contribution in [0.5, 0.6) is 0 Å². The Kier molecular flexibility index (Phi) is 4.58. The molecule has 0 aliphatic carbocycles. The third kappa shape index (κ3) is 3.22. The SMILES string of the molecule is CCC(C)(C)N(C)c1ccc(CCN)c(C)c1. The summed E-state index contributed by atoms with van der Waals surface area (Å²) in [6.45, 7) is 9.66. The molecule has 0 fully saturated rings. The van der Waals surface area contributed by atoms with Crippen molar-refractivity contribution < 1.29 is 0 Å². The molecule has 2 heteroatoms. The van der Waals surface area contributed by atoms with Crippen LogP contribution >= 0.6 is 0 Å². The zero-order valence-electron chi connectivity index (χ0n) is 11.9. The van der Waals surface area contributed by atoms with Crippen molar-refractivity contribution >= 4 is 5.69 Å². The minimum absolute atomic E-state index is 0.196. The van der Waals surface area contributed by atoms with Gasteiger partial charge in [-0.05, 0) is 63.4 Å². The van der Waals surface area contributed by atoms with E-state index in [1.54, 1.807) is 0 Å². The summed E-state index contributed by atoms with van der Waals surface area (Å²) >= 11 is 0. The Bertz CT molecular complexity index is 369. The molecule has 0 bridgehead atoms. The predicted molar refractivity (Wildman–Crippen MR) is 76.7 cm³/mol. The van der Waals surface area contributed by atoms with E-state index in [1.165, 1.54) is 16.8 Å². The molecule has 0 saturated carbocycles.